The summed E-state index contributed by atoms with van der Waals surface area (Å²) in [6.45, 7) is 0.332. The molecule has 0 aromatic heterocycles. The highest BCUT2D eigenvalue weighted by molar-refractivity contribution is 6.37. The van der Waals surface area contributed by atoms with E-state index in [9.17, 15) is 9.90 Å². The van der Waals surface area contributed by atoms with E-state index < -0.39 is 5.41 Å². The minimum atomic E-state index is -0.461. The smallest absolute Gasteiger partial charge is 0.231 e. The van der Waals surface area contributed by atoms with E-state index in [-0.39, 0.29) is 21.7 Å². The summed E-state index contributed by atoms with van der Waals surface area (Å²) in [4.78, 5) is 12.1. The van der Waals surface area contributed by atoms with Gasteiger partial charge in [-0.2, -0.15) is 0 Å². The van der Waals surface area contributed by atoms with Gasteiger partial charge in [-0.25, -0.2) is 0 Å². The molecule has 1 amide bonds. The molecule has 1 fully saturated rings. The molecule has 1 aliphatic rings. The normalized spacial score (nSPS) is 17.1. The maximum atomic E-state index is 12.1. The summed E-state index contributed by atoms with van der Waals surface area (Å²) >= 11 is 11.6. The summed E-state index contributed by atoms with van der Waals surface area (Å²) in [6, 6.07) is 2.92. The van der Waals surface area contributed by atoms with Gasteiger partial charge in [0, 0.05) is 12.2 Å². The first-order valence-electron chi connectivity index (χ1n) is 5.68. The zero-order valence-electron chi connectivity index (χ0n) is 9.67. The monoisotopic (exact) mass is 288 g/mol. The molecule has 0 aliphatic heterocycles. The quantitative estimate of drug-likeness (QED) is 0.749. The minimum Gasteiger partial charge on any atom is -0.505 e. The first kappa shape index (κ1) is 13.5. The lowest BCUT2D eigenvalue weighted by Crippen LogP contribution is -2.47. The maximum absolute atomic E-state index is 12.1. The van der Waals surface area contributed by atoms with Gasteiger partial charge in [-0.1, -0.05) is 29.6 Å². The largest absolute Gasteiger partial charge is 0.505 e. The summed E-state index contributed by atoms with van der Waals surface area (Å²) in [5.41, 5.74) is 5.66. The zero-order chi connectivity index (χ0) is 13.3. The Morgan fingerprint density at radius 1 is 1.39 bits per heavy atom. The lowest BCUT2D eigenvalue weighted by molar-refractivity contribution is -0.129. The van der Waals surface area contributed by atoms with Gasteiger partial charge in [0.2, 0.25) is 5.91 Å². The van der Waals surface area contributed by atoms with Crippen molar-refractivity contribution in [2.45, 2.75) is 19.3 Å². The molecule has 0 unspecified atom stereocenters. The first-order valence-corrected chi connectivity index (χ1v) is 6.44. The number of halogens is 2. The number of rotatable bonds is 3. The zero-order valence-corrected chi connectivity index (χ0v) is 11.2. The molecule has 0 radical (unpaired) electrons. The first-order chi connectivity index (χ1) is 8.48. The third-order valence-electron chi connectivity index (χ3n) is 3.46. The molecule has 1 aromatic rings. The van der Waals surface area contributed by atoms with Crippen LogP contribution in [0.4, 0.5) is 5.69 Å². The van der Waals surface area contributed by atoms with Crippen LogP contribution >= 0.6 is 23.2 Å². The van der Waals surface area contributed by atoms with E-state index in [1.54, 1.807) is 0 Å². The summed E-state index contributed by atoms with van der Waals surface area (Å²) in [5, 5.41) is 12.4. The lowest BCUT2D eigenvalue weighted by Gasteiger charge is -2.39. The number of benzene rings is 1. The van der Waals surface area contributed by atoms with Crippen molar-refractivity contribution in [1.82, 2.24) is 0 Å². The van der Waals surface area contributed by atoms with Crippen LogP contribution in [0.25, 0.3) is 0 Å². The number of nitrogens with one attached hydrogen (secondary N) is 1. The molecular weight excluding hydrogens is 275 g/mol. The second kappa shape index (κ2) is 4.96. The van der Waals surface area contributed by atoms with E-state index in [4.69, 9.17) is 28.9 Å². The minimum absolute atomic E-state index is 0.105. The molecule has 0 atom stereocenters. The molecule has 2 rings (SSSR count). The Morgan fingerprint density at radius 3 is 2.33 bits per heavy atom. The number of aromatic hydroxyl groups is 1. The van der Waals surface area contributed by atoms with Gasteiger partial charge < -0.3 is 16.2 Å². The van der Waals surface area contributed by atoms with Gasteiger partial charge in [-0.3, -0.25) is 4.79 Å². The number of carbonyl (C=O) groups is 1. The Labute approximate surface area is 115 Å². The van der Waals surface area contributed by atoms with E-state index in [1.807, 2.05) is 0 Å². The van der Waals surface area contributed by atoms with Crippen molar-refractivity contribution >= 4 is 34.8 Å². The Hall–Kier alpha value is -0.970. The molecule has 98 valence electrons. The van der Waals surface area contributed by atoms with Crippen molar-refractivity contribution in [2.75, 3.05) is 11.9 Å². The second-order valence-electron chi connectivity index (χ2n) is 4.58. The van der Waals surface area contributed by atoms with Crippen LogP contribution in [-0.4, -0.2) is 17.6 Å². The standard InChI is InChI=1S/C12H14Cl2N2O2/c13-8-4-7(5-9(14)10(8)17)16-11(18)12(6-15)2-1-3-12/h4-5,17H,1-3,6,15H2,(H,16,18). The van der Waals surface area contributed by atoms with Gasteiger partial charge in [0.1, 0.15) is 0 Å². The molecule has 0 spiro atoms. The molecule has 6 heteroatoms. The summed E-state index contributed by atoms with van der Waals surface area (Å²) in [6.07, 6.45) is 2.62. The summed E-state index contributed by atoms with van der Waals surface area (Å²) in [7, 11) is 0. The third-order valence-corrected chi connectivity index (χ3v) is 4.03. The number of amides is 1. The molecule has 4 nitrogen and oxygen atoms in total. The fourth-order valence-corrected chi connectivity index (χ4v) is 2.52. The van der Waals surface area contributed by atoms with Crippen LogP contribution in [-0.2, 0) is 4.79 Å². The molecule has 1 aromatic carbocycles. The Balaban J connectivity index is 2.17. The van der Waals surface area contributed by atoms with Crippen molar-refractivity contribution in [3.8, 4) is 5.75 Å². The summed E-state index contributed by atoms with van der Waals surface area (Å²) < 4.78 is 0. The molecule has 4 N–H and O–H groups in total. The van der Waals surface area contributed by atoms with Crippen LogP contribution in [0.2, 0.25) is 10.0 Å². The van der Waals surface area contributed by atoms with E-state index in [0.717, 1.165) is 19.3 Å². The molecular formula is C12H14Cl2N2O2. The van der Waals surface area contributed by atoms with E-state index in [2.05, 4.69) is 5.32 Å². The average molecular weight is 289 g/mol. The molecule has 0 heterocycles. The van der Waals surface area contributed by atoms with Gasteiger partial charge in [0.05, 0.1) is 15.5 Å². The highest BCUT2D eigenvalue weighted by Crippen LogP contribution is 2.41. The number of hydrogen-bond donors (Lipinski definition) is 3. The Bertz CT molecular complexity index is 458. The van der Waals surface area contributed by atoms with Gasteiger partial charge in [-0.15, -0.1) is 0 Å². The van der Waals surface area contributed by atoms with Gasteiger partial charge in [-0.05, 0) is 25.0 Å². The van der Waals surface area contributed by atoms with Crippen LogP contribution < -0.4 is 11.1 Å². The Morgan fingerprint density at radius 2 is 1.94 bits per heavy atom. The number of anilines is 1. The van der Waals surface area contributed by atoms with Crippen LogP contribution in [0.15, 0.2) is 12.1 Å². The van der Waals surface area contributed by atoms with Crippen LogP contribution in [0.1, 0.15) is 19.3 Å². The van der Waals surface area contributed by atoms with Gasteiger partial charge in [0.15, 0.2) is 5.75 Å². The fraction of sp³-hybridized carbons (Fsp3) is 0.417. The van der Waals surface area contributed by atoms with Crippen molar-refractivity contribution in [2.24, 2.45) is 11.1 Å². The van der Waals surface area contributed by atoms with E-state index >= 15 is 0 Å². The van der Waals surface area contributed by atoms with E-state index in [1.165, 1.54) is 12.1 Å². The maximum Gasteiger partial charge on any atom is 0.231 e. The van der Waals surface area contributed by atoms with E-state index in [0.29, 0.717) is 12.2 Å². The highest BCUT2D eigenvalue weighted by Gasteiger charge is 2.42. The predicted molar refractivity (Wildman–Crippen MR) is 72.1 cm³/mol. The van der Waals surface area contributed by atoms with Gasteiger partial charge in [0.25, 0.3) is 0 Å². The molecule has 0 saturated heterocycles. The average Bonchev–Trinajstić information content (AvgIpc) is 2.25. The van der Waals surface area contributed by atoms with Crippen molar-refractivity contribution < 1.29 is 9.90 Å². The van der Waals surface area contributed by atoms with Crippen molar-refractivity contribution in [3.05, 3.63) is 22.2 Å². The SMILES string of the molecule is NCC1(C(=O)Nc2cc(Cl)c(O)c(Cl)c2)CCC1. The molecule has 18 heavy (non-hydrogen) atoms. The molecule has 1 aliphatic carbocycles. The third kappa shape index (κ3) is 2.28. The van der Waals surface area contributed by atoms with Crippen molar-refractivity contribution in [3.63, 3.8) is 0 Å². The number of phenolic OH excluding ortho intramolecular Hbond substituents is 1. The van der Waals surface area contributed by atoms with Crippen LogP contribution in [0.3, 0.4) is 0 Å². The Kier molecular flexibility index (Phi) is 3.71. The number of hydrogen-bond acceptors (Lipinski definition) is 3. The summed E-state index contributed by atoms with van der Waals surface area (Å²) in [5.74, 6) is -0.303. The second-order valence-corrected chi connectivity index (χ2v) is 5.40. The fourth-order valence-electron chi connectivity index (χ4n) is 2.03. The van der Waals surface area contributed by atoms with Crippen LogP contribution in [0.5, 0.6) is 5.75 Å². The lowest BCUT2D eigenvalue weighted by atomic mass is 9.68. The van der Waals surface area contributed by atoms with Crippen LogP contribution in [0, 0.1) is 5.41 Å². The number of nitrogens with two attached hydrogens (primary N) is 1. The predicted octanol–water partition coefficient (Wildman–Crippen LogP) is 2.77. The highest BCUT2D eigenvalue weighted by atomic mass is 35.5. The molecule has 1 saturated carbocycles. The number of phenols is 1. The number of carbonyl (C=O) groups excluding carboxylic acids is 1. The van der Waals surface area contributed by atoms with Crippen molar-refractivity contribution in [1.29, 1.82) is 0 Å². The molecule has 0 bridgehead atoms. The van der Waals surface area contributed by atoms with Gasteiger partial charge >= 0.3 is 0 Å². The topological polar surface area (TPSA) is 75.4 Å².